The summed E-state index contributed by atoms with van der Waals surface area (Å²) in [4.78, 5) is 23.8. The summed E-state index contributed by atoms with van der Waals surface area (Å²) in [7, 11) is 2.36. The lowest BCUT2D eigenvalue weighted by Gasteiger charge is -2.30. The van der Waals surface area contributed by atoms with Gasteiger partial charge in [-0.25, -0.2) is 5.01 Å². The molecule has 2 aliphatic heterocycles. The molecule has 2 rings (SSSR count). The average molecular weight is 229 g/mol. The molecule has 2 heterocycles. The molecule has 0 spiro atoms. The highest BCUT2D eigenvalue weighted by molar-refractivity contribution is 7.13. The van der Waals surface area contributed by atoms with E-state index in [1.165, 1.54) is 0 Å². The third kappa shape index (κ3) is 1.74. The van der Waals surface area contributed by atoms with Gasteiger partial charge >= 0.3 is 0 Å². The predicted octanol–water partition coefficient (Wildman–Crippen LogP) is -0.107. The van der Waals surface area contributed by atoms with Crippen LogP contribution in [0, 0.1) is 0 Å². The molecule has 0 aromatic heterocycles. The van der Waals surface area contributed by atoms with Crippen LogP contribution < -0.4 is 5.09 Å². The summed E-state index contributed by atoms with van der Waals surface area (Å²) < 4.78 is 0. The van der Waals surface area contributed by atoms with Crippen LogP contribution in [0.25, 0.3) is 0 Å². The number of nitrogens with zero attached hydrogens (tertiary/aromatic N) is 2. The fourth-order valence-electron chi connectivity index (χ4n) is 2.19. The number of rotatable bonds is 1. The van der Waals surface area contributed by atoms with Gasteiger partial charge in [-0.1, -0.05) is 9.39 Å². The van der Waals surface area contributed by atoms with Crippen molar-refractivity contribution in [2.45, 2.75) is 38.3 Å². The van der Waals surface area contributed by atoms with Gasteiger partial charge in [0.2, 0.25) is 5.91 Å². The molecule has 6 heteroatoms. The van der Waals surface area contributed by atoms with Gasteiger partial charge in [-0.3, -0.25) is 19.7 Å². The van der Waals surface area contributed by atoms with Crippen molar-refractivity contribution >= 4 is 21.2 Å². The van der Waals surface area contributed by atoms with E-state index in [-0.39, 0.29) is 23.9 Å². The summed E-state index contributed by atoms with van der Waals surface area (Å²) in [6.07, 6.45) is 1.91. The first-order valence-electron chi connectivity index (χ1n) is 5.24. The van der Waals surface area contributed by atoms with Crippen LogP contribution in [-0.2, 0) is 9.59 Å². The summed E-state index contributed by atoms with van der Waals surface area (Å²) in [5.74, 6) is 0.0799. The van der Waals surface area contributed by atoms with Crippen molar-refractivity contribution in [2.75, 3.05) is 6.54 Å². The van der Waals surface area contributed by atoms with Crippen molar-refractivity contribution in [1.82, 2.24) is 15.1 Å². The lowest BCUT2D eigenvalue weighted by molar-refractivity contribution is -0.158. The SMILES string of the molecule is CC1CCN2C(=O)CCC(NP)C(=O)N12. The Hall–Kier alpha value is -0.670. The Morgan fingerprint density at radius 3 is 2.80 bits per heavy atom. The second-order valence-corrected chi connectivity index (χ2v) is 4.43. The lowest BCUT2D eigenvalue weighted by atomic mass is 10.1. The number of carbonyl (C=O) groups excluding carboxylic acids is 2. The van der Waals surface area contributed by atoms with E-state index in [4.69, 9.17) is 0 Å². The molecule has 0 saturated carbocycles. The molecule has 0 bridgehead atoms. The minimum absolute atomic E-state index is 0.0147. The molecule has 2 saturated heterocycles. The normalized spacial score (nSPS) is 31.9. The van der Waals surface area contributed by atoms with Gasteiger partial charge in [0.25, 0.3) is 5.91 Å². The van der Waals surface area contributed by atoms with E-state index < -0.39 is 0 Å². The predicted molar refractivity (Wildman–Crippen MR) is 58.5 cm³/mol. The molecule has 15 heavy (non-hydrogen) atoms. The van der Waals surface area contributed by atoms with E-state index in [1.54, 1.807) is 10.0 Å². The van der Waals surface area contributed by atoms with E-state index in [1.807, 2.05) is 6.92 Å². The summed E-state index contributed by atoms with van der Waals surface area (Å²) in [5, 5.41) is 6.12. The highest BCUT2D eigenvalue weighted by Crippen LogP contribution is 2.24. The zero-order valence-electron chi connectivity index (χ0n) is 8.77. The molecule has 84 valence electrons. The van der Waals surface area contributed by atoms with E-state index in [2.05, 4.69) is 14.5 Å². The van der Waals surface area contributed by atoms with E-state index in [0.29, 0.717) is 19.4 Å². The smallest absolute Gasteiger partial charge is 0.258 e. The fraction of sp³-hybridized carbons (Fsp3) is 0.778. The van der Waals surface area contributed by atoms with Crippen molar-refractivity contribution in [1.29, 1.82) is 0 Å². The number of hydrogen-bond donors (Lipinski definition) is 1. The molecule has 2 amide bonds. The lowest BCUT2D eigenvalue weighted by Crippen LogP contribution is -2.50. The molecule has 0 aliphatic carbocycles. The third-order valence-corrected chi connectivity index (χ3v) is 3.50. The van der Waals surface area contributed by atoms with Crippen LogP contribution in [0.5, 0.6) is 0 Å². The summed E-state index contributed by atoms with van der Waals surface area (Å²) >= 11 is 0. The van der Waals surface area contributed by atoms with Crippen LogP contribution in [-0.4, -0.2) is 40.5 Å². The van der Waals surface area contributed by atoms with Crippen LogP contribution in [0.4, 0.5) is 0 Å². The number of hydrazine groups is 1. The Kier molecular flexibility index (Phi) is 2.94. The maximum absolute atomic E-state index is 12.1. The van der Waals surface area contributed by atoms with Crippen LogP contribution >= 0.6 is 9.39 Å². The van der Waals surface area contributed by atoms with E-state index >= 15 is 0 Å². The highest BCUT2D eigenvalue weighted by atomic mass is 31.0. The van der Waals surface area contributed by atoms with E-state index in [9.17, 15) is 9.59 Å². The number of fused-ring (bicyclic) bond motifs is 1. The molecule has 3 atom stereocenters. The molecule has 0 aromatic rings. The van der Waals surface area contributed by atoms with Crippen LogP contribution in [0.1, 0.15) is 26.2 Å². The Bertz CT molecular complexity index is 297. The second-order valence-electron chi connectivity index (χ2n) is 4.10. The molecular formula is C9H16N3O2P. The van der Waals surface area contributed by atoms with Gasteiger partial charge in [-0.2, -0.15) is 0 Å². The number of amides is 2. The maximum Gasteiger partial charge on any atom is 0.258 e. The zero-order valence-corrected chi connectivity index (χ0v) is 9.93. The minimum Gasteiger partial charge on any atom is -0.289 e. The van der Waals surface area contributed by atoms with Crippen LogP contribution in [0.3, 0.4) is 0 Å². The number of hydrogen-bond acceptors (Lipinski definition) is 3. The largest absolute Gasteiger partial charge is 0.289 e. The first kappa shape index (κ1) is 10.8. The average Bonchev–Trinajstić information content (AvgIpc) is 2.54. The van der Waals surface area contributed by atoms with Crippen molar-refractivity contribution in [3.63, 3.8) is 0 Å². The highest BCUT2D eigenvalue weighted by Gasteiger charge is 2.41. The monoisotopic (exact) mass is 229 g/mol. The zero-order chi connectivity index (χ0) is 11.0. The molecule has 5 nitrogen and oxygen atoms in total. The number of nitrogens with one attached hydrogen (secondary N) is 1. The molecule has 2 aliphatic rings. The molecular weight excluding hydrogens is 213 g/mol. The van der Waals surface area contributed by atoms with Gasteiger partial charge in [0.15, 0.2) is 0 Å². The molecule has 2 fully saturated rings. The molecule has 3 unspecified atom stereocenters. The Labute approximate surface area is 91.4 Å². The van der Waals surface area contributed by atoms with Gasteiger partial charge < -0.3 is 0 Å². The maximum atomic E-state index is 12.1. The number of carbonyl (C=O) groups is 2. The minimum atomic E-state index is -0.246. The van der Waals surface area contributed by atoms with Crippen molar-refractivity contribution in [3.8, 4) is 0 Å². The fourth-order valence-corrected chi connectivity index (χ4v) is 2.50. The standard InChI is InChI=1S/C9H16N3O2P/c1-6-4-5-11-8(13)3-2-7(10-15)9(14)12(6)11/h6-7,10H,2-5,15H2,1H3. The van der Waals surface area contributed by atoms with Gasteiger partial charge in [0.1, 0.15) is 0 Å². The Morgan fingerprint density at radius 1 is 1.40 bits per heavy atom. The molecule has 0 aromatic carbocycles. The van der Waals surface area contributed by atoms with Crippen molar-refractivity contribution in [2.24, 2.45) is 0 Å². The van der Waals surface area contributed by atoms with Crippen molar-refractivity contribution < 1.29 is 9.59 Å². The molecule has 1 N–H and O–H groups in total. The second kappa shape index (κ2) is 4.06. The summed E-state index contributed by atoms with van der Waals surface area (Å²) in [6, 6.07) is -0.107. The van der Waals surface area contributed by atoms with Gasteiger partial charge in [0.05, 0.1) is 12.1 Å². The third-order valence-electron chi connectivity index (χ3n) is 3.10. The summed E-state index contributed by atoms with van der Waals surface area (Å²) in [5.41, 5.74) is 0. The van der Waals surface area contributed by atoms with Gasteiger partial charge in [0, 0.05) is 13.0 Å². The molecule has 0 radical (unpaired) electrons. The Balaban J connectivity index is 2.26. The van der Waals surface area contributed by atoms with E-state index in [0.717, 1.165) is 6.42 Å². The van der Waals surface area contributed by atoms with Gasteiger partial charge in [-0.15, -0.1) is 0 Å². The van der Waals surface area contributed by atoms with Gasteiger partial charge in [-0.05, 0) is 19.8 Å². The topological polar surface area (TPSA) is 52.7 Å². The summed E-state index contributed by atoms with van der Waals surface area (Å²) in [6.45, 7) is 2.66. The van der Waals surface area contributed by atoms with Crippen LogP contribution in [0.2, 0.25) is 0 Å². The first-order valence-corrected chi connectivity index (χ1v) is 5.82. The van der Waals surface area contributed by atoms with Crippen LogP contribution in [0.15, 0.2) is 0 Å². The van der Waals surface area contributed by atoms with Crippen molar-refractivity contribution in [3.05, 3.63) is 0 Å². The quantitative estimate of drug-likeness (QED) is 0.638. The Morgan fingerprint density at radius 2 is 2.13 bits per heavy atom. The first-order chi connectivity index (χ1) is 7.15.